The van der Waals surface area contributed by atoms with Crippen molar-refractivity contribution in [3.63, 3.8) is 0 Å². The maximum absolute atomic E-state index is 11.7. The molecule has 0 spiro atoms. The van der Waals surface area contributed by atoms with E-state index in [-0.39, 0.29) is 12.2 Å². The highest BCUT2D eigenvalue weighted by atomic mass is 16.6. The number of carbonyl (C=O) groups is 1. The van der Waals surface area contributed by atoms with Crippen molar-refractivity contribution in [2.24, 2.45) is 5.73 Å². The molecule has 1 aromatic carbocycles. The third-order valence-corrected chi connectivity index (χ3v) is 3.30. The standard InChI is InChI=1S/C14H21N3O2/c1-16(2)12-6-4-11(5-7-12)13-10-17(9-3-8-15)14(18)19-13/h4-7,13H,3,8-10,15H2,1-2H3. The molecule has 1 aromatic rings. The van der Waals surface area contributed by atoms with Crippen LogP contribution in [0.1, 0.15) is 18.1 Å². The Balaban J connectivity index is 2.01. The maximum Gasteiger partial charge on any atom is 0.410 e. The molecule has 1 heterocycles. The van der Waals surface area contributed by atoms with Crippen LogP contribution in [0, 0.1) is 0 Å². The van der Waals surface area contributed by atoms with Crippen LogP contribution in [0.15, 0.2) is 24.3 Å². The molecule has 104 valence electrons. The van der Waals surface area contributed by atoms with Crippen molar-refractivity contribution in [3.8, 4) is 0 Å². The molecule has 2 N–H and O–H groups in total. The number of amides is 1. The van der Waals surface area contributed by atoms with E-state index in [4.69, 9.17) is 10.5 Å². The minimum atomic E-state index is -0.241. The van der Waals surface area contributed by atoms with Gasteiger partial charge < -0.3 is 20.3 Å². The van der Waals surface area contributed by atoms with Gasteiger partial charge in [-0.25, -0.2) is 4.79 Å². The van der Waals surface area contributed by atoms with Crippen molar-refractivity contribution in [3.05, 3.63) is 29.8 Å². The van der Waals surface area contributed by atoms with Gasteiger partial charge in [-0.2, -0.15) is 0 Å². The average Bonchev–Trinajstić information content (AvgIpc) is 2.78. The minimum Gasteiger partial charge on any atom is -0.439 e. The molecular weight excluding hydrogens is 242 g/mol. The Bertz CT molecular complexity index is 431. The maximum atomic E-state index is 11.7. The first-order valence-electron chi connectivity index (χ1n) is 6.54. The molecule has 1 unspecified atom stereocenters. The number of rotatable bonds is 5. The van der Waals surface area contributed by atoms with E-state index in [1.807, 2.05) is 43.3 Å². The fourth-order valence-electron chi connectivity index (χ4n) is 2.13. The molecule has 1 aliphatic rings. The SMILES string of the molecule is CN(C)c1ccc(C2CN(CCCN)C(=O)O2)cc1. The summed E-state index contributed by atoms with van der Waals surface area (Å²) in [7, 11) is 4.00. The van der Waals surface area contributed by atoms with Crippen molar-refractivity contribution < 1.29 is 9.53 Å². The molecule has 1 amide bonds. The molecule has 1 fully saturated rings. The van der Waals surface area contributed by atoms with Gasteiger partial charge in [-0.1, -0.05) is 12.1 Å². The van der Waals surface area contributed by atoms with E-state index >= 15 is 0 Å². The number of nitrogens with two attached hydrogens (primary N) is 1. The highest BCUT2D eigenvalue weighted by molar-refractivity contribution is 5.70. The molecule has 19 heavy (non-hydrogen) atoms. The number of hydrogen-bond acceptors (Lipinski definition) is 4. The third kappa shape index (κ3) is 3.17. The molecule has 0 aliphatic carbocycles. The molecule has 1 aliphatic heterocycles. The Morgan fingerprint density at radius 2 is 2.05 bits per heavy atom. The van der Waals surface area contributed by atoms with Gasteiger partial charge in [0.2, 0.25) is 0 Å². The average molecular weight is 263 g/mol. The predicted molar refractivity (Wildman–Crippen MR) is 75.2 cm³/mol. The summed E-state index contributed by atoms with van der Waals surface area (Å²) in [5, 5.41) is 0. The first kappa shape index (κ1) is 13.7. The zero-order valence-corrected chi connectivity index (χ0v) is 11.5. The highest BCUT2D eigenvalue weighted by Crippen LogP contribution is 2.27. The lowest BCUT2D eigenvalue weighted by Crippen LogP contribution is -2.27. The summed E-state index contributed by atoms with van der Waals surface area (Å²) in [6.07, 6.45) is 0.401. The van der Waals surface area contributed by atoms with E-state index in [0.717, 1.165) is 17.7 Å². The van der Waals surface area contributed by atoms with Crippen molar-refractivity contribution in [2.45, 2.75) is 12.5 Å². The number of carbonyl (C=O) groups excluding carboxylic acids is 1. The Morgan fingerprint density at radius 1 is 1.37 bits per heavy atom. The summed E-state index contributed by atoms with van der Waals surface area (Å²) in [5.41, 5.74) is 7.63. The molecule has 0 bridgehead atoms. The van der Waals surface area contributed by atoms with Crippen molar-refractivity contribution in [1.82, 2.24) is 4.90 Å². The minimum absolute atomic E-state index is 0.165. The number of hydrogen-bond donors (Lipinski definition) is 1. The first-order chi connectivity index (χ1) is 9.11. The highest BCUT2D eigenvalue weighted by Gasteiger charge is 2.31. The Morgan fingerprint density at radius 3 is 2.63 bits per heavy atom. The smallest absolute Gasteiger partial charge is 0.410 e. The summed E-state index contributed by atoms with van der Waals surface area (Å²) in [6, 6.07) is 8.09. The summed E-state index contributed by atoms with van der Waals surface area (Å²) < 4.78 is 5.39. The fraction of sp³-hybridized carbons (Fsp3) is 0.500. The molecular formula is C14H21N3O2. The van der Waals surface area contributed by atoms with Crippen molar-refractivity contribution >= 4 is 11.8 Å². The lowest BCUT2D eigenvalue weighted by Gasteiger charge is -2.14. The molecule has 0 radical (unpaired) electrons. The van der Waals surface area contributed by atoms with Gasteiger partial charge in [-0.3, -0.25) is 0 Å². The first-order valence-corrected chi connectivity index (χ1v) is 6.54. The third-order valence-electron chi connectivity index (χ3n) is 3.30. The predicted octanol–water partition coefficient (Wildman–Crippen LogP) is 1.59. The Labute approximate surface area is 113 Å². The topological polar surface area (TPSA) is 58.8 Å². The molecule has 1 atom stereocenters. The van der Waals surface area contributed by atoms with E-state index < -0.39 is 0 Å². The lowest BCUT2D eigenvalue weighted by atomic mass is 10.1. The van der Waals surface area contributed by atoms with Crippen LogP contribution < -0.4 is 10.6 Å². The van der Waals surface area contributed by atoms with E-state index in [0.29, 0.717) is 19.6 Å². The molecule has 0 aromatic heterocycles. The van der Waals surface area contributed by atoms with E-state index in [1.165, 1.54) is 0 Å². The zero-order chi connectivity index (χ0) is 13.8. The summed E-state index contributed by atoms with van der Waals surface area (Å²) in [4.78, 5) is 15.5. The monoisotopic (exact) mass is 263 g/mol. The Hall–Kier alpha value is -1.75. The molecule has 1 saturated heterocycles. The van der Waals surface area contributed by atoms with E-state index in [2.05, 4.69) is 0 Å². The van der Waals surface area contributed by atoms with Gasteiger partial charge in [-0.15, -0.1) is 0 Å². The molecule has 2 rings (SSSR count). The van der Waals surface area contributed by atoms with Gasteiger partial charge in [0, 0.05) is 26.3 Å². The lowest BCUT2D eigenvalue weighted by molar-refractivity contribution is 0.133. The number of anilines is 1. The number of ether oxygens (including phenoxy) is 1. The second-order valence-corrected chi connectivity index (χ2v) is 4.95. The van der Waals surface area contributed by atoms with Gasteiger partial charge in [0.05, 0.1) is 6.54 Å². The van der Waals surface area contributed by atoms with Crippen molar-refractivity contribution in [2.75, 3.05) is 38.6 Å². The van der Waals surface area contributed by atoms with Gasteiger partial charge in [0.25, 0.3) is 0 Å². The number of nitrogens with zero attached hydrogens (tertiary/aromatic N) is 2. The van der Waals surface area contributed by atoms with Crippen LogP contribution in [0.2, 0.25) is 0 Å². The summed E-state index contributed by atoms with van der Waals surface area (Å²) >= 11 is 0. The van der Waals surface area contributed by atoms with Gasteiger partial charge in [0.1, 0.15) is 6.10 Å². The van der Waals surface area contributed by atoms with Crippen LogP contribution in [0.5, 0.6) is 0 Å². The molecule has 5 heteroatoms. The van der Waals surface area contributed by atoms with Crippen LogP contribution in [0.25, 0.3) is 0 Å². The molecule has 5 nitrogen and oxygen atoms in total. The fourth-order valence-corrected chi connectivity index (χ4v) is 2.13. The second-order valence-electron chi connectivity index (χ2n) is 4.95. The van der Waals surface area contributed by atoms with Gasteiger partial charge >= 0.3 is 6.09 Å². The quantitative estimate of drug-likeness (QED) is 0.876. The van der Waals surface area contributed by atoms with Crippen LogP contribution in [0.3, 0.4) is 0 Å². The van der Waals surface area contributed by atoms with Crippen LogP contribution in [-0.4, -0.2) is 44.7 Å². The van der Waals surface area contributed by atoms with Crippen LogP contribution in [-0.2, 0) is 4.74 Å². The van der Waals surface area contributed by atoms with E-state index in [1.54, 1.807) is 4.90 Å². The largest absolute Gasteiger partial charge is 0.439 e. The van der Waals surface area contributed by atoms with Gasteiger partial charge in [0.15, 0.2) is 0 Å². The number of cyclic esters (lactones) is 1. The van der Waals surface area contributed by atoms with Gasteiger partial charge in [-0.05, 0) is 30.7 Å². The number of benzene rings is 1. The normalized spacial score (nSPS) is 18.6. The second kappa shape index (κ2) is 5.93. The summed E-state index contributed by atoms with van der Waals surface area (Å²) in [6.45, 7) is 1.87. The molecule has 0 saturated carbocycles. The zero-order valence-electron chi connectivity index (χ0n) is 11.5. The Kier molecular flexibility index (Phi) is 4.27. The van der Waals surface area contributed by atoms with Crippen molar-refractivity contribution in [1.29, 1.82) is 0 Å². The van der Waals surface area contributed by atoms with E-state index in [9.17, 15) is 4.79 Å². The van der Waals surface area contributed by atoms with Crippen LogP contribution in [0.4, 0.5) is 10.5 Å². The summed E-state index contributed by atoms with van der Waals surface area (Å²) in [5.74, 6) is 0. The van der Waals surface area contributed by atoms with Crippen LogP contribution >= 0.6 is 0 Å².